The average molecular weight is 817 g/mol. The Labute approximate surface area is 341 Å². The molecule has 1 unspecified atom stereocenters. The molecule has 316 valence electrons. The van der Waals surface area contributed by atoms with Gasteiger partial charge in [0, 0.05) is 42.8 Å². The molecule has 59 heavy (non-hydrogen) atoms. The number of hydrogen-bond acceptors (Lipinski definition) is 13. The summed E-state index contributed by atoms with van der Waals surface area (Å²) in [6.07, 6.45) is 4.82. The first-order valence-corrected chi connectivity index (χ1v) is 20.6. The summed E-state index contributed by atoms with van der Waals surface area (Å²) in [5.74, 6) is 1.13. The maximum Gasteiger partial charge on any atom is 0.226 e. The van der Waals surface area contributed by atoms with Gasteiger partial charge in [0.1, 0.15) is 72.2 Å². The lowest BCUT2D eigenvalue weighted by atomic mass is 9.65. The number of aliphatic hydroxyl groups is 5. The number of ether oxygens (including phenoxy) is 1. The van der Waals surface area contributed by atoms with Gasteiger partial charge in [-0.25, -0.2) is 9.78 Å². The quantitative estimate of drug-likeness (QED) is 0.0861. The molecule has 4 aliphatic heterocycles. The highest BCUT2D eigenvalue weighted by atomic mass is 17.2. The van der Waals surface area contributed by atoms with Crippen LogP contribution in [0.3, 0.4) is 0 Å². The number of aliphatic imine (C=N–C) groups is 1. The number of benzene rings is 2. The highest BCUT2D eigenvalue weighted by Gasteiger charge is 2.53. The third-order valence-corrected chi connectivity index (χ3v) is 13.3. The van der Waals surface area contributed by atoms with Crippen LogP contribution in [0.25, 0.3) is 11.0 Å². The number of fused-ring (bicyclic) bond motifs is 3. The number of hydrogen-bond donors (Lipinski definition) is 8. The Morgan fingerprint density at radius 3 is 2.59 bits per heavy atom. The number of aromatic hydroxyl groups is 1. The first-order valence-electron chi connectivity index (χ1n) is 20.6. The molecule has 15 heteroatoms. The van der Waals surface area contributed by atoms with Crippen molar-refractivity contribution in [2.24, 2.45) is 16.3 Å². The normalized spacial score (nSPS) is 27.0. The van der Waals surface area contributed by atoms with Crippen molar-refractivity contribution in [2.75, 3.05) is 26.3 Å². The molecule has 5 heterocycles. The Bertz CT molecular complexity index is 2230. The highest BCUT2D eigenvalue weighted by Crippen LogP contribution is 2.50. The van der Waals surface area contributed by atoms with Gasteiger partial charge < -0.3 is 45.1 Å². The molecular weight excluding hydrogens is 762 g/mol. The number of rotatable bonds is 14. The molecule has 1 amide bonds. The van der Waals surface area contributed by atoms with Gasteiger partial charge in [-0.15, -0.1) is 0 Å². The average Bonchev–Trinajstić information content (AvgIpc) is 3.91. The fraction of sp³-hybridized carbons (Fsp3) is 0.523. The molecule has 8 atom stereocenters. The standard InChI is InChI=1S/C44H53N3O12/c1-25-16-33(50)31-17-28-18-35(59-56-24-44(55,40(53)37(52)34(51)23-48)19-26-6-8-30(49)9-7-26)42(2,14-10-29-20-46-41(54)43(29)12-4-3-5-13-43)58-38(28)36(39(31)57-25)47-21-27-11-15-45-32(27)22-47/h6-9,11,15-17,22,29,34-35,37,40,48-49,51-53,55H,3-5,10,12-14,18-21,23-24H2,1-2H3,(H,46,54)/p+1/t29-,34-,35-,37-,40+,42-,44+/m1/s1. The fourth-order valence-corrected chi connectivity index (χ4v) is 9.80. The number of carbonyl (C=O) groups is 1. The lowest BCUT2D eigenvalue weighted by Gasteiger charge is -2.44. The monoisotopic (exact) mass is 816 g/mol. The maximum atomic E-state index is 13.6. The molecule has 8 N–H and O–H groups in total. The summed E-state index contributed by atoms with van der Waals surface area (Å²) in [5.41, 5.74) is 0.0419. The van der Waals surface area contributed by atoms with Crippen molar-refractivity contribution in [3.63, 3.8) is 0 Å². The van der Waals surface area contributed by atoms with Crippen LogP contribution in [0, 0.1) is 18.3 Å². The molecule has 2 aromatic carbocycles. The molecule has 1 saturated carbocycles. The van der Waals surface area contributed by atoms with Crippen molar-refractivity contribution < 1.29 is 59.3 Å². The number of nitrogens with zero attached hydrogens (tertiary/aromatic N) is 1. The maximum absolute atomic E-state index is 13.6. The van der Waals surface area contributed by atoms with E-state index in [9.17, 15) is 40.2 Å². The Hall–Kier alpha value is -4.45. The van der Waals surface area contributed by atoms with E-state index in [1.165, 1.54) is 30.3 Å². The van der Waals surface area contributed by atoms with E-state index < -0.39 is 54.2 Å². The van der Waals surface area contributed by atoms with E-state index in [0.717, 1.165) is 48.3 Å². The van der Waals surface area contributed by atoms with Crippen LogP contribution in [0.2, 0.25) is 0 Å². The lowest BCUT2D eigenvalue weighted by Crippen LogP contribution is -3.01. The molecule has 1 saturated heterocycles. The van der Waals surface area contributed by atoms with Gasteiger partial charge in [-0.3, -0.25) is 19.5 Å². The molecule has 15 nitrogen and oxygen atoms in total. The van der Waals surface area contributed by atoms with Crippen molar-refractivity contribution in [2.45, 2.75) is 107 Å². The number of quaternary nitrogens is 1. The number of nitrogens with one attached hydrogen (secondary N) is 2. The number of aryl methyl sites for hydroxylation is 1. The van der Waals surface area contributed by atoms with E-state index in [2.05, 4.69) is 10.3 Å². The number of aliphatic hydroxyl groups excluding tert-OH is 4. The number of phenolic OH excluding ortho intramolecular Hbond substituents is 1. The Balaban J connectivity index is 1.15. The molecular formula is C44H54N3O12+. The van der Waals surface area contributed by atoms with Gasteiger partial charge in [0.05, 0.1) is 17.4 Å². The van der Waals surface area contributed by atoms with E-state index in [0.29, 0.717) is 65.2 Å². The number of allylic oxidation sites excluding steroid dienone is 1. The fourth-order valence-electron chi connectivity index (χ4n) is 9.80. The van der Waals surface area contributed by atoms with Gasteiger partial charge in [0.2, 0.25) is 17.2 Å². The second kappa shape index (κ2) is 16.2. The molecule has 1 aromatic heterocycles. The van der Waals surface area contributed by atoms with Crippen LogP contribution in [0.5, 0.6) is 11.5 Å². The zero-order chi connectivity index (χ0) is 41.7. The number of carbonyl (C=O) groups excluding carboxylic acids is 1. The Morgan fingerprint density at radius 2 is 1.86 bits per heavy atom. The van der Waals surface area contributed by atoms with Crippen molar-refractivity contribution in [3.05, 3.63) is 87.1 Å². The van der Waals surface area contributed by atoms with Crippen LogP contribution in [0.4, 0.5) is 5.69 Å². The molecule has 5 aliphatic rings. The molecule has 0 bridgehead atoms. The molecule has 3 aromatic rings. The third kappa shape index (κ3) is 7.74. The summed E-state index contributed by atoms with van der Waals surface area (Å²) in [7, 11) is 0. The number of phenols is 1. The van der Waals surface area contributed by atoms with Crippen LogP contribution in [0.15, 0.2) is 74.1 Å². The summed E-state index contributed by atoms with van der Waals surface area (Å²) in [4.78, 5) is 44.4. The van der Waals surface area contributed by atoms with Crippen molar-refractivity contribution in [3.8, 4) is 11.5 Å². The zero-order valence-corrected chi connectivity index (χ0v) is 33.4. The van der Waals surface area contributed by atoms with Crippen molar-refractivity contribution in [1.29, 1.82) is 0 Å². The van der Waals surface area contributed by atoms with Crippen LogP contribution < -0.4 is 20.4 Å². The van der Waals surface area contributed by atoms with E-state index in [1.807, 2.05) is 19.2 Å². The largest absolute Gasteiger partial charge is 0.508 e. The summed E-state index contributed by atoms with van der Waals surface area (Å²) < 4.78 is 13.5. The highest BCUT2D eigenvalue weighted by molar-refractivity contribution is 5.90. The second-order valence-electron chi connectivity index (χ2n) is 17.3. The SMILES string of the molecule is Cc1cc(=O)c2cc3c(c([NH+]4C=C5N=CC=C5C4)c2o1)O[C@](C)(CC[C@@H]1CNC(=O)C12CCCCC2)[C@H](OOC[C@@](O)(Cc1ccc(O)cc1)[C@@H](O)[C@H](O)[C@H](O)CO)C3. The van der Waals surface area contributed by atoms with E-state index in [1.54, 1.807) is 19.2 Å². The van der Waals surface area contributed by atoms with Gasteiger partial charge >= 0.3 is 0 Å². The first-order chi connectivity index (χ1) is 28.2. The predicted molar refractivity (Wildman–Crippen MR) is 214 cm³/mol. The third-order valence-electron chi connectivity index (χ3n) is 13.3. The Kier molecular flexibility index (Phi) is 11.3. The smallest absolute Gasteiger partial charge is 0.226 e. The predicted octanol–water partition coefficient (Wildman–Crippen LogP) is 1.73. The van der Waals surface area contributed by atoms with E-state index >= 15 is 0 Å². The molecule has 0 radical (unpaired) electrons. The Morgan fingerprint density at radius 1 is 1.10 bits per heavy atom. The van der Waals surface area contributed by atoms with Gasteiger partial charge in [0.15, 0.2) is 11.2 Å². The van der Waals surface area contributed by atoms with Gasteiger partial charge in [0.25, 0.3) is 0 Å². The molecule has 8 rings (SSSR count). The van der Waals surface area contributed by atoms with Crippen molar-refractivity contribution >= 4 is 28.8 Å². The van der Waals surface area contributed by atoms with Gasteiger partial charge in [-0.2, -0.15) is 0 Å². The molecule has 1 spiro atoms. The molecule has 2 fully saturated rings. The minimum Gasteiger partial charge on any atom is -0.508 e. The summed E-state index contributed by atoms with van der Waals surface area (Å²) in [6, 6.07) is 9.07. The second-order valence-corrected chi connectivity index (χ2v) is 17.3. The summed E-state index contributed by atoms with van der Waals surface area (Å²) in [5, 5.41) is 67.0. The minimum atomic E-state index is -2.26. The van der Waals surface area contributed by atoms with Gasteiger partial charge in [-0.1, -0.05) is 31.4 Å². The number of amides is 1. The van der Waals surface area contributed by atoms with E-state index in [4.69, 9.17) is 18.9 Å². The topological polar surface area (TPSA) is 225 Å². The lowest BCUT2D eigenvalue weighted by molar-refractivity contribution is -0.763. The first kappa shape index (κ1) is 41.3. The van der Waals surface area contributed by atoms with Gasteiger partial charge in [-0.05, 0) is 75.3 Å². The summed E-state index contributed by atoms with van der Waals surface area (Å²) in [6.45, 7) is 3.19. The van der Waals surface area contributed by atoms with Crippen LogP contribution in [-0.4, -0.2) is 105 Å². The molecule has 1 aliphatic carbocycles. The van der Waals surface area contributed by atoms with Crippen LogP contribution in [-0.2, 0) is 27.4 Å². The van der Waals surface area contributed by atoms with E-state index in [-0.39, 0.29) is 35.8 Å². The summed E-state index contributed by atoms with van der Waals surface area (Å²) >= 11 is 0. The van der Waals surface area contributed by atoms with Crippen molar-refractivity contribution in [1.82, 2.24) is 5.32 Å². The van der Waals surface area contributed by atoms with Crippen LogP contribution >= 0.6 is 0 Å². The minimum absolute atomic E-state index is 0.0163. The zero-order valence-electron chi connectivity index (χ0n) is 33.4. The van der Waals surface area contributed by atoms with Crippen LogP contribution in [0.1, 0.15) is 68.8 Å².